The molecule has 8 heteroatoms. The molecule has 3 rings (SSSR count). The summed E-state index contributed by atoms with van der Waals surface area (Å²) in [5.41, 5.74) is 7.96. The number of anilines is 1. The van der Waals surface area contributed by atoms with E-state index in [-0.39, 0.29) is 36.2 Å². The number of hydrogen-bond acceptors (Lipinski definition) is 4. The van der Waals surface area contributed by atoms with Gasteiger partial charge in [0, 0.05) is 36.7 Å². The van der Waals surface area contributed by atoms with E-state index < -0.39 is 0 Å². The van der Waals surface area contributed by atoms with Crippen molar-refractivity contribution in [1.82, 2.24) is 9.80 Å². The summed E-state index contributed by atoms with van der Waals surface area (Å²) in [4.78, 5) is 16.9. The molecule has 30 heavy (non-hydrogen) atoms. The van der Waals surface area contributed by atoms with Gasteiger partial charge in [0.25, 0.3) is 5.91 Å². The number of nitrogens with two attached hydrogens (primary N) is 1. The smallest absolute Gasteiger partial charge is 0.260 e. The normalized spacial score (nSPS) is 19.7. The van der Waals surface area contributed by atoms with Crippen molar-refractivity contribution in [2.75, 3.05) is 25.4 Å². The van der Waals surface area contributed by atoms with Crippen molar-refractivity contribution in [2.45, 2.75) is 39.4 Å². The highest BCUT2D eigenvalue weighted by Gasteiger charge is 2.32. The summed E-state index contributed by atoms with van der Waals surface area (Å²) in [6.07, 6.45) is 0. The average Bonchev–Trinajstić information content (AvgIpc) is 2.70. The van der Waals surface area contributed by atoms with Gasteiger partial charge < -0.3 is 15.4 Å². The molecule has 1 heterocycles. The van der Waals surface area contributed by atoms with E-state index in [1.807, 2.05) is 11.8 Å². The maximum atomic E-state index is 13.1. The van der Waals surface area contributed by atoms with Gasteiger partial charge in [0.05, 0.1) is 10.7 Å². The van der Waals surface area contributed by atoms with Crippen molar-refractivity contribution in [3.8, 4) is 5.75 Å². The van der Waals surface area contributed by atoms with Crippen molar-refractivity contribution in [3.05, 3.63) is 57.3 Å². The Bertz CT molecular complexity index is 924. The van der Waals surface area contributed by atoms with Gasteiger partial charge in [0.2, 0.25) is 0 Å². The number of carbonyl (C=O) groups is 1. The summed E-state index contributed by atoms with van der Waals surface area (Å²) < 4.78 is 18.8. The third kappa shape index (κ3) is 4.99. The molecule has 1 aliphatic rings. The van der Waals surface area contributed by atoms with Crippen molar-refractivity contribution < 1.29 is 13.9 Å². The molecular formula is C22H26Cl2FN3O2. The van der Waals surface area contributed by atoms with Crippen LogP contribution in [0.3, 0.4) is 0 Å². The van der Waals surface area contributed by atoms with Crippen LogP contribution in [0.5, 0.6) is 5.75 Å². The predicted molar refractivity (Wildman–Crippen MR) is 119 cm³/mol. The third-order valence-corrected chi connectivity index (χ3v) is 6.35. The van der Waals surface area contributed by atoms with Gasteiger partial charge in [-0.25, -0.2) is 4.39 Å². The minimum atomic E-state index is -0.243. The van der Waals surface area contributed by atoms with Crippen molar-refractivity contribution >= 4 is 34.8 Å². The monoisotopic (exact) mass is 453 g/mol. The van der Waals surface area contributed by atoms with Crippen LogP contribution in [-0.4, -0.2) is 47.5 Å². The first kappa shape index (κ1) is 22.7. The first-order valence-electron chi connectivity index (χ1n) is 9.82. The molecule has 2 aromatic carbocycles. The highest BCUT2D eigenvalue weighted by atomic mass is 35.5. The summed E-state index contributed by atoms with van der Waals surface area (Å²) in [7, 11) is 0. The zero-order valence-corrected chi connectivity index (χ0v) is 18.8. The summed E-state index contributed by atoms with van der Waals surface area (Å²) in [6.45, 7) is 7.70. The number of hydrogen-bond donors (Lipinski definition) is 1. The van der Waals surface area contributed by atoms with E-state index in [0.29, 0.717) is 40.9 Å². The molecule has 0 radical (unpaired) electrons. The van der Waals surface area contributed by atoms with Crippen molar-refractivity contribution in [3.63, 3.8) is 0 Å². The Hall–Kier alpha value is -2.02. The predicted octanol–water partition coefficient (Wildman–Crippen LogP) is 4.52. The molecule has 5 nitrogen and oxygen atoms in total. The molecule has 0 aromatic heterocycles. The number of carbonyl (C=O) groups excluding carboxylic acids is 1. The molecule has 1 amide bonds. The van der Waals surface area contributed by atoms with E-state index in [2.05, 4.69) is 11.8 Å². The fourth-order valence-corrected chi connectivity index (χ4v) is 4.19. The first-order chi connectivity index (χ1) is 14.2. The minimum Gasteiger partial charge on any atom is -0.480 e. The molecule has 162 valence electrons. The molecular weight excluding hydrogens is 428 g/mol. The number of benzene rings is 2. The second-order valence-corrected chi connectivity index (χ2v) is 8.59. The topological polar surface area (TPSA) is 58.8 Å². The second kappa shape index (κ2) is 9.41. The van der Waals surface area contributed by atoms with Crippen LogP contribution in [0.25, 0.3) is 0 Å². The molecule has 1 saturated heterocycles. The first-order valence-corrected chi connectivity index (χ1v) is 10.6. The molecule has 0 saturated carbocycles. The Morgan fingerprint density at radius 3 is 2.53 bits per heavy atom. The van der Waals surface area contributed by atoms with Crippen molar-refractivity contribution in [1.29, 1.82) is 0 Å². The highest BCUT2D eigenvalue weighted by molar-refractivity contribution is 6.37. The molecule has 1 aliphatic heterocycles. The lowest BCUT2D eigenvalue weighted by Crippen LogP contribution is -2.58. The fourth-order valence-electron chi connectivity index (χ4n) is 3.67. The Morgan fingerprint density at radius 2 is 1.87 bits per heavy atom. The van der Waals surface area contributed by atoms with Gasteiger partial charge in [-0.1, -0.05) is 35.3 Å². The Labute approximate surface area is 186 Å². The molecule has 2 N–H and O–H groups in total. The van der Waals surface area contributed by atoms with E-state index in [1.165, 1.54) is 12.1 Å². The van der Waals surface area contributed by atoms with E-state index in [9.17, 15) is 9.18 Å². The van der Waals surface area contributed by atoms with Gasteiger partial charge in [-0.15, -0.1) is 0 Å². The fraction of sp³-hybridized carbons (Fsp3) is 0.409. The second-order valence-electron chi connectivity index (χ2n) is 7.80. The van der Waals surface area contributed by atoms with Crippen LogP contribution < -0.4 is 10.5 Å². The largest absolute Gasteiger partial charge is 0.480 e. The van der Waals surface area contributed by atoms with Gasteiger partial charge in [-0.2, -0.15) is 0 Å². The number of rotatable bonds is 5. The molecule has 0 aliphatic carbocycles. The van der Waals surface area contributed by atoms with Crippen LogP contribution in [0, 0.1) is 12.7 Å². The Balaban J connectivity index is 1.61. The van der Waals surface area contributed by atoms with Gasteiger partial charge in [0.15, 0.2) is 12.4 Å². The number of nitrogen functional groups attached to an aromatic ring is 1. The van der Waals surface area contributed by atoms with Crippen LogP contribution in [-0.2, 0) is 11.3 Å². The Morgan fingerprint density at radius 1 is 1.20 bits per heavy atom. The molecule has 2 aromatic rings. The van der Waals surface area contributed by atoms with Crippen LogP contribution in [0.2, 0.25) is 10.0 Å². The summed E-state index contributed by atoms with van der Waals surface area (Å²) >= 11 is 12.4. The third-order valence-electron chi connectivity index (χ3n) is 5.51. The lowest BCUT2D eigenvalue weighted by molar-refractivity contribution is -0.139. The zero-order valence-electron chi connectivity index (χ0n) is 17.3. The zero-order chi connectivity index (χ0) is 22.0. The number of amides is 1. The van der Waals surface area contributed by atoms with Gasteiger partial charge in [-0.05, 0) is 50.1 Å². The molecule has 0 bridgehead atoms. The van der Waals surface area contributed by atoms with E-state index in [1.54, 1.807) is 25.1 Å². The molecule has 2 atom stereocenters. The maximum absolute atomic E-state index is 13.1. The van der Waals surface area contributed by atoms with Gasteiger partial charge in [-0.3, -0.25) is 9.69 Å². The standard InChI is InChI=1S/C22H26Cl2FN3O2/c1-13-10-28(14(2)9-27(13)11-16-4-6-17(25)7-5-16)20(29)12-30-22-19(26)8-18(23)15(3)21(22)24/h4-8,13-14H,9-12,26H2,1-3H3. The summed E-state index contributed by atoms with van der Waals surface area (Å²) in [6, 6.07) is 8.26. The van der Waals surface area contributed by atoms with Crippen LogP contribution in [0.4, 0.5) is 10.1 Å². The van der Waals surface area contributed by atoms with Crippen molar-refractivity contribution in [2.24, 2.45) is 0 Å². The number of ether oxygens (including phenoxy) is 1. The van der Waals surface area contributed by atoms with E-state index in [4.69, 9.17) is 33.7 Å². The number of halogens is 3. The van der Waals surface area contributed by atoms with E-state index >= 15 is 0 Å². The summed E-state index contributed by atoms with van der Waals surface area (Å²) in [5, 5.41) is 0.772. The van der Waals surface area contributed by atoms with Gasteiger partial charge >= 0.3 is 0 Å². The quantitative estimate of drug-likeness (QED) is 0.675. The minimum absolute atomic E-state index is 0.0116. The maximum Gasteiger partial charge on any atom is 0.260 e. The lowest BCUT2D eigenvalue weighted by atomic mass is 10.1. The number of piperazine rings is 1. The van der Waals surface area contributed by atoms with Crippen LogP contribution in [0.1, 0.15) is 25.0 Å². The van der Waals surface area contributed by atoms with E-state index in [0.717, 1.165) is 5.56 Å². The van der Waals surface area contributed by atoms with Gasteiger partial charge in [0.1, 0.15) is 5.82 Å². The molecule has 2 unspecified atom stereocenters. The Kier molecular flexibility index (Phi) is 7.11. The summed E-state index contributed by atoms with van der Waals surface area (Å²) in [5.74, 6) is -0.0892. The van der Waals surface area contributed by atoms with Crippen LogP contribution >= 0.6 is 23.2 Å². The van der Waals surface area contributed by atoms with Crippen LogP contribution in [0.15, 0.2) is 30.3 Å². The molecule has 0 spiro atoms. The number of nitrogens with zero attached hydrogens (tertiary/aromatic N) is 2. The molecule has 1 fully saturated rings. The highest BCUT2D eigenvalue weighted by Crippen LogP contribution is 2.38. The average molecular weight is 454 g/mol. The SMILES string of the molecule is Cc1c(Cl)cc(N)c(OCC(=O)N2CC(C)N(Cc3ccc(F)cc3)CC2C)c1Cl. The lowest BCUT2D eigenvalue weighted by Gasteiger charge is -2.44.